The second-order valence-corrected chi connectivity index (χ2v) is 4.72. The molecule has 1 aromatic carbocycles. The molecule has 2 N–H and O–H groups in total. The summed E-state index contributed by atoms with van der Waals surface area (Å²) in [4.78, 5) is 11.5. The molecule has 0 aliphatic heterocycles. The minimum atomic E-state index is -1.40. The first-order valence-corrected chi connectivity index (χ1v) is 5.51. The highest BCUT2D eigenvalue weighted by Crippen LogP contribution is 2.28. The number of carbonyl (C=O) groups is 1. The first kappa shape index (κ1) is 13.0. The predicted molar refractivity (Wildman–Crippen MR) is 65.6 cm³/mol. The van der Waals surface area contributed by atoms with Gasteiger partial charge < -0.3 is 15.2 Å². The van der Waals surface area contributed by atoms with Crippen molar-refractivity contribution in [3.8, 4) is 5.75 Å². The maximum Gasteiger partial charge on any atom is 0.255 e. The molecule has 5 heteroatoms. The average molecular weight is 288 g/mol. The topological polar surface area (TPSA) is 58.6 Å². The van der Waals surface area contributed by atoms with Crippen LogP contribution in [0.4, 0.5) is 5.69 Å². The summed E-state index contributed by atoms with van der Waals surface area (Å²) in [5.74, 6) is 0.158. The van der Waals surface area contributed by atoms with Gasteiger partial charge in [-0.2, -0.15) is 0 Å². The van der Waals surface area contributed by atoms with Crippen molar-refractivity contribution in [1.82, 2.24) is 0 Å². The van der Waals surface area contributed by atoms with E-state index < -0.39 is 11.5 Å². The molecule has 0 aromatic heterocycles. The van der Waals surface area contributed by atoms with Crippen molar-refractivity contribution >= 4 is 27.5 Å². The lowest BCUT2D eigenvalue weighted by atomic mass is 10.1. The minimum Gasteiger partial charge on any atom is -0.495 e. The van der Waals surface area contributed by atoms with E-state index in [1.165, 1.54) is 13.8 Å². The SMILES string of the molecule is COc1cc(NC(=O)C(C)(C)O)ccc1Br. The third kappa shape index (κ3) is 3.21. The van der Waals surface area contributed by atoms with E-state index in [4.69, 9.17) is 4.74 Å². The Labute approximate surface area is 103 Å². The zero-order valence-electron chi connectivity index (χ0n) is 9.37. The Hall–Kier alpha value is -1.07. The molecule has 0 fully saturated rings. The minimum absolute atomic E-state index is 0.461. The van der Waals surface area contributed by atoms with Gasteiger partial charge in [-0.1, -0.05) is 0 Å². The number of hydrogen-bond donors (Lipinski definition) is 2. The molecule has 0 unspecified atom stereocenters. The summed E-state index contributed by atoms with van der Waals surface area (Å²) in [6.45, 7) is 2.86. The van der Waals surface area contributed by atoms with Crippen LogP contribution in [0.15, 0.2) is 22.7 Å². The van der Waals surface area contributed by atoms with Crippen molar-refractivity contribution in [3.63, 3.8) is 0 Å². The Morgan fingerprint density at radius 1 is 1.50 bits per heavy atom. The summed E-state index contributed by atoms with van der Waals surface area (Å²) in [6.07, 6.45) is 0. The Morgan fingerprint density at radius 2 is 2.12 bits per heavy atom. The normalized spacial score (nSPS) is 11.1. The molecule has 4 nitrogen and oxygen atoms in total. The number of halogens is 1. The number of hydrogen-bond acceptors (Lipinski definition) is 3. The van der Waals surface area contributed by atoms with Crippen molar-refractivity contribution in [2.75, 3.05) is 12.4 Å². The molecular formula is C11H14BrNO3. The molecule has 0 bridgehead atoms. The number of benzene rings is 1. The standard InChI is InChI=1S/C11H14BrNO3/c1-11(2,15)10(14)13-7-4-5-8(12)9(6-7)16-3/h4-6,15H,1-3H3,(H,13,14). The van der Waals surface area contributed by atoms with Crippen LogP contribution in [0, 0.1) is 0 Å². The van der Waals surface area contributed by atoms with Gasteiger partial charge in [0.25, 0.3) is 5.91 Å². The van der Waals surface area contributed by atoms with Crippen LogP contribution in [0.1, 0.15) is 13.8 Å². The molecule has 88 valence electrons. The fraction of sp³-hybridized carbons (Fsp3) is 0.364. The van der Waals surface area contributed by atoms with E-state index in [2.05, 4.69) is 21.2 Å². The molecule has 16 heavy (non-hydrogen) atoms. The van der Waals surface area contributed by atoms with Crippen LogP contribution < -0.4 is 10.1 Å². The summed E-state index contributed by atoms with van der Waals surface area (Å²) in [5, 5.41) is 12.1. The molecule has 1 rings (SSSR count). The van der Waals surface area contributed by atoms with Crippen molar-refractivity contribution in [3.05, 3.63) is 22.7 Å². The third-order valence-corrected chi connectivity index (χ3v) is 2.62. The van der Waals surface area contributed by atoms with Gasteiger partial charge >= 0.3 is 0 Å². The van der Waals surface area contributed by atoms with Gasteiger partial charge in [-0.15, -0.1) is 0 Å². The van der Waals surface area contributed by atoms with Gasteiger partial charge in [0.15, 0.2) is 0 Å². The Balaban J connectivity index is 2.87. The lowest BCUT2D eigenvalue weighted by Crippen LogP contribution is -2.36. The monoisotopic (exact) mass is 287 g/mol. The summed E-state index contributed by atoms with van der Waals surface area (Å²) in [6, 6.07) is 5.16. The first-order valence-electron chi connectivity index (χ1n) is 4.72. The molecular weight excluding hydrogens is 274 g/mol. The van der Waals surface area contributed by atoms with Gasteiger partial charge in [-0.25, -0.2) is 0 Å². The number of ether oxygens (including phenoxy) is 1. The van der Waals surface area contributed by atoms with E-state index >= 15 is 0 Å². The van der Waals surface area contributed by atoms with E-state index in [9.17, 15) is 9.90 Å². The fourth-order valence-corrected chi connectivity index (χ4v) is 1.43. The summed E-state index contributed by atoms with van der Waals surface area (Å²) in [5.41, 5.74) is -0.826. The molecule has 0 saturated carbocycles. The van der Waals surface area contributed by atoms with Gasteiger partial charge in [0, 0.05) is 11.8 Å². The zero-order chi connectivity index (χ0) is 12.3. The van der Waals surface area contributed by atoms with Gasteiger partial charge in [0.1, 0.15) is 11.4 Å². The van der Waals surface area contributed by atoms with E-state index in [0.29, 0.717) is 11.4 Å². The molecule has 0 heterocycles. The average Bonchev–Trinajstić information content (AvgIpc) is 2.19. The quantitative estimate of drug-likeness (QED) is 0.896. The third-order valence-electron chi connectivity index (χ3n) is 1.96. The molecule has 1 amide bonds. The van der Waals surface area contributed by atoms with Crippen LogP contribution in [-0.4, -0.2) is 23.7 Å². The molecule has 0 atom stereocenters. The van der Waals surface area contributed by atoms with Crippen molar-refractivity contribution in [1.29, 1.82) is 0 Å². The number of nitrogens with one attached hydrogen (secondary N) is 1. The smallest absolute Gasteiger partial charge is 0.255 e. The van der Waals surface area contributed by atoms with Gasteiger partial charge in [-0.05, 0) is 41.9 Å². The van der Waals surface area contributed by atoms with Crippen LogP contribution in [-0.2, 0) is 4.79 Å². The van der Waals surface area contributed by atoms with E-state index in [0.717, 1.165) is 4.47 Å². The Bertz CT molecular complexity index is 399. The van der Waals surface area contributed by atoms with Gasteiger partial charge in [0.2, 0.25) is 0 Å². The molecule has 0 spiro atoms. The lowest BCUT2D eigenvalue weighted by molar-refractivity contribution is -0.130. The number of amides is 1. The van der Waals surface area contributed by atoms with Crippen LogP contribution >= 0.6 is 15.9 Å². The molecule has 0 aliphatic carbocycles. The highest BCUT2D eigenvalue weighted by atomic mass is 79.9. The maximum absolute atomic E-state index is 11.5. The van der Waals surface area contributed by atoms with Crippen LogP contribution in [0.25, 0.3) is 0 Å². The summed E-state index contributed by atoms with van der Waals surface area (Å²) in [7, 11) is 1.54. The number of aliphatic hydroxyl groups is 1. The first-order chi connectivity index (χ1) is 7.34. The number of rotatable bonds is 3. The van der Waals surface area contributed by atoms with Crippen LogP contribution in [0.2, 0.25) is 0 Å². The molecule has 0 radical (unpaired) electrons. The van der Waals surface area contributed by atoms with Crippen LogP contribution in [0.5, 0.6) is 5.75 Å². The number of anilines is 1. The lowest BCUT2D eigenvalue weighted by Gasteiger charge is -2.17. The highest BCUT2D eigenvalue weighted by molar-refractivity contribution is 9.10. The predicted octanol–water partition coefficient (Wildman–Crippen LogP) is 2.17. The largest absolute Gasteiger partial charge is 0.495 e. The summed E-state index contributed by atoms with van der Waals surface area (Å²) < 4.78 is 5.89. The Morgan fingerprint density at radius 3 is 2.62 bits per heavy atom. The van der Waals surface area contributed by atoms with E-state index in [1.807, 2.05) is 0 Å². The Kier molecular flexibility index (Phi) is 3.93. The number of methoxy groups -OCH3 is 1. The summed E-state index contributed by atoms with van der Waals surface area (Å²) >= 11 is 3.31. The molecule has 0 saturated heterocycles. The van der Waals surface area contributed by atoms with Gasteiger partial charge in [-0.3, -0.25) is 4.79 Å². The maximum atomic E-state index is 11.5. The zero-order valence-corrected chi connectivity index (χ0v) is 11.0. The van der Waals surface area contributed by atoms with Crippen LogP contribution in [0.3, 0.4) is 0 Å². The highest BCUT2D eigenvalue weighted by Gasteiger charge is 2.23. The van der Waals surface area contributed by atoms with Crippen molar-refractivity contribution in [2.45, 2.75) is 19.4 Å². The van der Waals surface area contributed by atoms with E-state index in [1.54, 1.807) is 25.3 Å². The van der Waals surface area contributed by atoms with Crippen molar-refractivity contribution in [2.24, 2.45) is 0 Å². The van der Waals surface area contributed by atoms with Gasteiger partial charge in [0.05, 0.1) is 11.6 Å². The second-order valence-electron chi connectivity index (χ2n) is 3.86. The number of carbonyl (C=O) groups excluding carboxylic acids is 1. The molecule has 0 aliphatic rings. The van der Waals surface area contributed by atoms with Crippen molar-refractivity contribution < 1.29 is 14.6 Å². The van der Waals surface area contributed by atoms with E-state index in [-0.39, 0.29) is 0 Å². The second kappa shape index (κ2) is 4.84. The fourth-order valence-electron chi connectivity index (χ4n) is 1.02. The molecule has 1 aromatic rings.